The van der Waals surface area contributed by atoms with Gasteiger partial charge in [0, 0.05) is 18.0 Å². The van der Waals surface area contributed by atoms with Gasteiger partial charge in [0.15, 0.2) is 0 Å². The topological polar surface area (TPSA) is 32.3 Å². The van der Waals surface area contributed by atoms with Gasteiger partial charge in [-0.25, -0.2) is 4.79 Å². The maximum Gasteiger partial charge on any atom is 0.323 e. The summed E-state index contributed by atoms with van der Waals surface area (Å²) < 4.78 is 0. The molecule has 1 aliphatic rings. The lowest BCUT2D eigenvalue weighted by Gasteiger charge is -2.25. The highest BCUT2D eigenvalue weighted by atomic mass is 32.2. The molecule has 0 bridgehead atoms. The first-order valence-electron chi connectivity index (χ1n) is 7.87. The number of carbonyl (C=O) groups excluding carboxylic acids is 1. The molecule has 1 heterocycles. The van der Waals surface area contributed by atoms with Crippen LogP contribution in [0.15, 0.2) is 42.5 Å². The second-order valence-electron chi connectivity index (χ2n) is 6.08. The van der Waals surface area contributed by atoms with Crippen LogP contribution < -0.4 is 5.32 Å². The number of amides is 2. The molecule has 23 heavy (non-hydrogen) atoms. The van der Waals surface area contributed by atoms with E-state index in [-0.39, 0.29) is 11.4 Å². The minimum absolute atomic E-state index is 0.0208. The minimum Gasteiger partial charge on any atom is -0.308 e. The molecule has 3 rings (SSSR count). The summed E-state index contributed by atoms with van der Waals surface area (Å²) in [5.41, 5.74) is 5.61. The van der Waals surface area contributed by atoms with Crippen molar-refractivity contribution in [3.05, 3.63) is 64.7 Å². The fourth-order valence-electron chi connectivity index (χ4n) is 2.83. The molecule has 2 aromatic rings. The zero-order valence-electron chi connectivity index (χ0n) is 13.8. The van der Waals surface area contributed by atoms with Crippen LogP contribution in [0.4, 0.5) is 10.5 Å². The molecule has 0 radical (unpaired) electrons. The number of nitrogens with one attached hydrogen (secondary N) is 1. The smallest absolute Gasteiger partial charge is 0.308 e. The highest BCUT2D eigenvalue weighted by molar-refractivity contribution is 7.99. The largest absolute Gasteiger partial charge is 0.323 e. The highest BCUT2D eigenvalue weighted by Crippen LogP contribution is 2.38. The second-order valence-corrected chi connectivity index (χ2v) is 7.26. The third-order valence-electron chi connectivity index (χ3n) is 4.14. The van der Waals surface area contributed by atoms with Gasteiger partial charge >= 0.3 is 6.03 Å². The number of hydrogen-bond acceptors (Lipinski definition) is 2. The average Bonchev–Trinajstić information content (AvgIpc) is 3.00. The fraction of sp³-hybridized carbons (Fsp3) is 0.316. The molecule has 1 unspecified atom stereocenters. The highest BCUT2D eigenvalue weighted by Gasteiger charge is 2.30. The number of urea groups is 1. The quantitative estimate of drug-likeness (QED) is 0.852. The van der Waals surface area contributed by atoms with Crippen molar-refractivity contribution in [1.82, 2.24) is 4.90 Å². The van der Waals surface area contributed by atoms with Gasteiger partial charge in [0.25, 0.3) is 0 Å². The summed E-state index contributed by atoms with van der Waals surface area (Å²) in [6.45, 7) is 6.94. The van der Waals surface area contributed by atoms with Crippen molar-refractivity contribution < 1.29 is 4.79 Å². The summed E-state index contributed by atoms with van der Waals surface area (Å²) in [4.78, 5) is 14.6. The van der Waals surface area contributed by atoms with Crippen molar-refractivity contribution in [2.45, 2.75) is 26.1 Å². The van der Waals surface area contributed by atoms with Crippen molar-refractivity contribution in [3.63, 3.8) is 0 Å². The number of anilines is 1. The third-order valence-corrected chi connectivity index (χ3v) is 5.40. The van der Waals surface area contributed by atoms with E-state index in [9.17, 15) is 4.79 Å². The lowest BCUT2D eigenvalue weighted by molar-refractivity contribution is 0.214. The lowest BCUT2D eigenvalue weighted by Crippen LogP contribution is -2.34. The molecule has 2 amide bonds. The van der Waals surface area contributed by atoms with E-state index in [1.54, 1.807) is 0 Å². The molecule has 1 aliphatic heterocycles. The number of benzene rings is 2. The molecule has 0 aromatic heterocycles. The van der Waals surface area contributed by atoms with E-state index in [1.165, 1.54) is 16.7 Å². The van der Waals surface area contributed by atoms with Crippen LogP contribution in [0, 0.1) is 20.8 Å². The monoisotopic (exact) mass is 326 g/mol. The summed E-state index contributed by atoms with van der Waals surface area (Å²) in [6.07, 6.45) is 0. The molecule has 0 saturated carbocycles. The Kier molecular flexibility index (Phi) is 4.62. The van der Waals surface area contributed by atoms with E-state index in [4.69, 9.17) is 0 Å². The second kappa shape index (κ2) is 6.67. The minimum atomic E-state index is -0.0208. The number of nitrogens with zero attached hydrogens (tertiary/aromatic N) is 1. The third kappa shape index (κ3) is 3.53. The van der Waals surface area contributed by atoms with Gasteiger partial charge in [0.05, 0.1) is 0 Å². The van der Waals surface area contributed by atoms with E-state index in [1.807, 2.05) is 35.7 Å². The summed E-state index contributed by atoms with van der Waals surface area (Å²) >= 11 is 1.82. The van der Waals surface area contributed by atoms with Crippen LogP contribution in [0.5, 0.6) is 0 Å². The van der Waals surface area contributed by atoms with Crippen molar-refractivity contribution in [2.24, 2.45) is 0 Å². The molecule has 0 spiro atoms. The van der Waals surface area contributed by atoms with Crippen LogP contribution in [-0.2, 0) is 0 Å². The van der Waals surface area contributed by atoms with Crippen LogP contribution in [0.1, 0.15) is 27.6 Å². The molecule has 120 valence electrons. The van der Waals surface area contributed by atoms with Gasteiger partial charge in [-0.3, -0.25) is 0 Å². The number of aryl methyl sites for hydroxylation is 3. The maximum absolute atomic E-state index is 12.7. The zero-order valence-corrected chi connectivity index (χ0v) is 14.6. The predicted octanol–water partition coefficient (Wildman–Crippen LogP) is 4.89. The first-order chi connectivity index (χ1) is 11.0. The molecule has 2 aromatic carbocycles. The van der Waals surface area contributed by atoms with Crippen LogP contribution >= 0.6 is 11.8 Å². The van der Waals surface area contributed by atoms with Crippen LogP contribution in [0.25, 0.3) is 0 Å². The van der Waals surface area contributed by atoms with Gasteiger partial charge in [-0.1, -0.05) is 47.5 Å². The first kappa shape index (κ1) is 15.9. The predicted molar refractivity (Wildman–Crippen MR) is 98.0 cm³/mol. The Bertz CT molecular complexity index is 712. The molecule has 0 aliphatic carbocycles. The Hall–Kier alpha value is -1.94. The summed E-state index contributed by atoms with van der Waals surface area (Å²) in [5, 5.41) is 3.16. The Balaban J connectivity index is 1.76. The molecular weight excluding hydrogens is 304 g/mol. The lowest BCUT2D eigenvalue weighted by atomic mass is 10.1. The van der Waals surface area contributed by atoms with Gasteiger partial charge in [-0.05, 0) is 38.0 Å². The molecule has 4 heteroatoms. The van der Waals surface area contributed by atoms with Crippen molar-refractivity contribution in [1.29, 1.82) is 0 Å². The fourth-order valence-corrected chi connectivity index (χ4v) is 4.08. The van der Waals surface area contributed by atoms with E-state index in [0.29, 0.717) is 0 Å². The van der Waals surface area contributed by atoms with Crippen molar-refractivity contribution >= 4 is 23.5 Å². The molecule has 1 fully saturated rings. The summed E-state index contributed by atoms with van der Waals surface area (Å²) in [5.74, 6) is 0.971. The first-order valence-corrected chi connectivity index (χ1v) is 8.92. The number of thioether (sulfide) groups is 1. The van der Waals surface area contributed by atoms with Crippen LogP contribution in [0.2, 0.25) is 0 Å². The van der Waals surface area contributed by atoms with Gasteiger partial charge < -0.3 is 10.2 Å². The normalized spacial score (nSPS) is 17.3. The van der Waals surface area contributed by atoms with Crippen molar-refractivity contribution in [3.8, 4) is 0 Å². The average molecular weight is 326 g/mol. The van der Waals surface area contributed by atoms with E-state index < -0.39 is 0 Å². The Morgan fingerprint density at radius 1 is 1.09 bits per heavy atom. The number of carbonyl (C=O) groups is 1. The summed E-state index contributed by atoms with van der Waals surface area (Å²) in [7, 11) is 0. The molecular formula is C19H22N2OS. The maximum atomic E-state index is 12.7. The van der Waals surface area contributed by atoms with E-state index in [2.05, 4.69) is 49.5 Å². The van der Waals surface area contributed by atoms with Gasteiger partial charge in [0.1, 0.15) is 5.37 Å². The van der Waals surface area contributed by atoms with Gasteiger partial charge in [-0.2, -0.15) is 0 Å². The molecule has 1 saturated heterocycles. The molecule has 3 nitrogen and oxygen atoms in total. The van der Waals surface area contributed by atoms with E-state index in [0.717, 1.165) is 23.5 Å². The molecule has 1 atom stereocenters. The molecule has 1 N–H and O–H groups in total. The number of hydrogen-bond donors (Lipinski definition) is 1. The Labute approximate surface area is 142 Å². The Morgan fingerprint density at radius 2 is 1.78 bits per heavy atom. The van der Waals surface area contributed by atoms with Gasteiger partial charge in [-0.15, -0.1) is 11.8 Å². The zero-order chi connectivity index (χ0) is 16.4. The Morgan fingerprint density at radius 3 is 2.48 bits per heavy atom. The van der Waals surface area contributed by atoms with Crippen molar-refractivity contribution in [2.75, 3.05) is 17.6 Å². The van der Waals surface area contributed by atoms with Crippen LogP contribution in [-0.4, -0.2) is 23.2 Å². The number of rotatable bonds is 2. The van der Waals surface area contributed by atoms with E-state index >= 15 is 0 Å². The van der Waals surface area contributed by atoms with Crippen LogP contribution in [0.3, 0.4) is 0 Å². The summed E-state index contributed by atoms with van der Waals surface area (Å²) in [6, 6.07) is 14.5. The van der Waals surface area contributed by atoms with Gasteiger partial charge in [0.2, 0.25) is 0 Å². The standard InChI is InChI=1S/C19H22N2OS/c1-13-4-7-16(8-5-13)18-21(10-11-23-18)19(22)20-17-9-6-14(2)12-15(17)3/h4-9,12,18H,10-11H2,1-3H3,(H,20,22). The SMILES string of the molecule is Cc1ccc(C2SCCN2C(=O)Nc2ccc(C)cc2C)cc1.